The summed E-state index contributed by atoms with van der Waals surface area (Å²) >= 11 is 4.45. The first-order chi connectivity index (χ1) is 10.2. The Kier molecular flexibility index (Phi) is 5.15. The van der Waals surface area contributed by atoms with Gasteiger partial charge in [0.2, 0.25) is 5.91 Å². The normalized spacial score (nSPS) is 33.0. The lowest BCUT2D eigenvalue weighted by Crippen LogP contribution is -2.53. The molecule has 0 bridgehead atoms. The fourth-order valence-electron chi connectivity index (χ4n) is 4.08. The van der Waals surface area contributed by atoms with Gasteiger partial charge >= 0.3 is 0 Å². The van der Waals surface area contributed by atoms with E-state index in [2.05, 4.69) is 29.4 Å². The van der Waals surface area contributed by atoms with Crippen LogP contribution in [0.5, 0.6) is 0 Å². The fourth-order valence-corrected chi connectivity index (χ4v) is 4.38. The van der Waals surface area contributed by atoms with Gasteiger partial charge in [0.25, 0.3) is 0 Å². The second kappa shape index (κ2) is 6.91. The van der Waals surface area contributed by atoms with Gasteiger partial charge in [0.05, 0.1) is 0 Å². The Balaban J connectivity index is 1.42. The molecule has 1 unspecified atom stereocenters. The number of piperazine rings is 1. The highest BCUT2D eigenvalue weighted by Crippen LogP contribution is 2.34. The maximum absolute atomic E-state index is 12.1. The van der Waals surface area contributed by atoms with Crippen LogP contribution in [-0.2, 0) is 4.79 Å². The molecule has 0 aromatic heterocycles. The van der Waals surface area contributed by atoms with E-state index in [9.17, 15) is 4.79 Å². The van der Waals surface area contributed by atoms with Crippen molar-refractivity contribution in [2.45, 2.75) is 51.5 Å². The van der Waals surface area contributed by atoms with Gasteiger partial charge in [-0.25, -0.2) is 0 Å². The molecule has 2 aliphatic carbocycles. The molecule has 0 N–H and O–H groups in total. The van der Waals surface area contributed by atoms with E-state index in [1.807, 2.05) is 0 Å². The molecule has 3 rings (SSSR count). The van der Waals surface area contributed by atoms with Crippen LogP contribution in [-0.4, -0.2) is 53.7 Å². The molecule has 0 aromatic rings. The third kappa shape index (κ3) is 3.76. The van der Waals surface area contributed by atoms with Crippen LogP contribution in [0.25, 0.3) is 0 Å². The number of thiol groups is 1. The van der Waals surface area contributed by atoms with E-state index in [1.165, 1.54) is 25.7 Å². The minimum atomic E-state index is 0.384. The quantitative estimate of drug-likeness (QED) is 0.807. The van der Waals surface area contributed by atoms with Crippen LogP contribution < -0.4 is 0 Å². The maximum atomic E-state index is 12.1. The number of rotatable bonds is 4. The smallest absolute Gasteiger partial charge is 0.225 e. The van der Waals surface area contributed by atoms with Crippen LogP contribution in [0.1, 0.15) is 45.4 Å². The Morgan fingerprint density at radius 2 is 1.67 bits per heavy atom. The van der Waals surface area contributed by atoms with Crippen molar-refractivity contribution < 1.29 is 4.79 Å². The molecule has 120 valence electrons. The Bertz CT molecular complexity index is 356. The summed E-state index contributed by atoms with van der Waals surface area (Å²) < 4.78 is 0. The topological polar surface area (TPSA) is 23.6 Å². The van der Waals surface area contributed by atoms with Gasteiger partial charge in [0.15, 0.2) is 0 Å². The van der Waals surface area contributed by atoms with Crippen LogP contribution in [0.4, 0.5) is 0 Å². The minimum Gasteiger partial charge on any atom is -0.340 e. The Labute approximate surface area is 134 Å². The third-order valence-electron chi connectivity index (χ3n) is 5.90. The van der Waals surface area contributed by atoms with Crippen molar-refractivity contribution in [2.24, 2.45) is 17.8 Å². The molecular formula is C17H30N2OS. The highest BCUT2D eigenvalue weighted by atomic mass is 32.1. The zero-order valence-electron chi connectivity index (χ0n) is 13.3. The first-order valence-electron chi connectivity index (χ1n) is 8.82. The third-order valence-corrected chi connectivity index (χ3v) is 6.48. The van der Waals surface area contributed by atoms with Gasteiger partial charge < -0.3 is 4.90 Å². The first kappa shape index (κ1) is 15.7. The number of carbonyl (C=O) groups excluding carboxylic acids is 1. The van der Waals surface area contributed by atoms with Crippen LogP contribution >= 0.6 is 12.6 Å². The van der Waals surface area contributed by atoms with Crippen LogP contribution in [0.2, 0.25) is 0 Å². The predicted molar refractivity (Wildman–Crippen MR) is 89.6 cm³/mol. The first-order valence-corrected chi connectivity index (χ1v) is 9.46. The highest BCUT2D eigenvalue weighted by molar-refractivity contribution is 7.80. The van der Waals surface area contributed by atoms with Crippen molar-refractivity contribution >= 4 is 18.5 Å². The highest BCUT2D eigenvalue weighted by Gasteiger charge is 2.36. The summed E-state index contributed by atoms with van der Waals surface area (Å²) in [5.74, 6) is 3.49. The van der Waals surface area contributed by atoms with E-state index < -0.39 is 0 Å². The standard InChI is InChI=1S/C17H30N2OS/c1-13(12-21)14-4-6-16(7-5-14)18-8-10-19(11-9-18)17(20)15-2-3-15/h13-16,21H,2-12H2,1H3/t13?,14-,16-. The monoisotopic (exact) mass is 310 g/mol. The molecule has 1 heterocycles. The molecule has 0 aromatic carbocycles. The molecular weight excluding hydrogens is 280 g/mol. The van der Waals surface area contributed by atoms with E-state index in [0.29, 0.717) is 11.8 Å². The summed E-state index contributed by atoms with van der Waals surface area (Å²) in [5.41, 5.74) is 0. The van der Waals surface area contributed by atoms with Crippen LogP contribution in [0.15, 0.2) is 0 Å². The Morgan fingerprint density at radius 3 is 2.19 bits per heavy atom. The Hall–Kier alpha value is -0.220. The zero-order chi connectivity index (χ0) is 14.8. The summed E-state index contributed by atoms with van der Waals surface area (Å²) in [6.45, 7) is 6.46. The molecule has 4 heteroatoms. The molecule has 0 radical (unpaired) electrons. The summed E-state index contributed by atoms with van der Waals surface area (Å²) in [6.07, 6.45) is 7.69. The Morgan fingerprint density at radius 1 is 1.05 bits per heavy atom. The van der Waals surface area contributed by atoms with Gasteiger partial charge in [-0.15, -0.1) is 0 Å². The lowest BCUT2D eigenvalue weighted by atomic mass is 9.79. The number of hydrogen-bond acceptors (Lipinski definition) is 3. The largest absolute Gasteiger partial charge is 0.340 e. The molecule has 1 saturated heterocycles. The lowest BCUT2D eigenvalue weighted by molar-refractivity contribution is -0.134. The molecule has 2 saturated carbocycles. The fraction of sp³-hybridized carbons (Fsp3) is 0.941. The average molecular weight is 311 g/mol. The van der Waals surface area contributed by atoms with Gasteiger partial charge in [-0.3, -0.25) is 9.69 Å². The van der Waals surface area contributed by atoms with Gasteiger partial charge in [-0.05, 0) is 56.1 Å². The van der Waals surface area contributed by atoms with Gasteiger partial charge in [-0.1, -0.05) is 6.92 Å². The van der Waals surface area contributed by atoms with Gasteiger partial charge in [-0.2, -0.15) is 12.6 Å². The molecule has 3 fully saturated rings. The van der Waals surface area contributed by atoms with Crippen molar-refractivity contribution in [2.75, 3.05) is 31.9 Å². The molecule has 1 atom stereocenters. The van der Waals surface area contributed by atoms with Crippen molar-refractivity contribution in [3.05, 3.63) is 0 Å². The second-order valence-corrected chi connectivity index (χ2v) is 7.73. The average Bonchev–Trinajstić information content (AvgIpc) is 3.39. The van der Waals surface area contributed by atoms with Crippen molar-refractivity contribution in [1.82, 2.24) is 9.80 Å². The van der Waals surface area contributed by atoms with E-state index in [-0.39, 0.29) is 0 Å². The molecule has 21 heavy (non-hydrogen) atoms. The van der Waals surface area contributed by atoms with E-state index in [0.717, 1.165) is 62.7 Å². The van der Waals surface area contributed by atoms with E-state index >= 15 is 0 Å². The summed E-state index contributed by atoms with van der Waals surface area (Å²) in [6, 6.07) is 0.770. The summed E-state index contributed by atoms with van der Waals surface area (Å²) in [7, 11) is 0. The number of amides is 1. The van der Waals surface area contributed by atoms with Crippen molar-refractivity contribution in [3.63, 3.8) is 0 Å². The summed E-state index contributed by atoms with van der Waals surface area (Å²) in [5, 5.41) is 0. The maximum Gasteiger partial charge on any atom is 0.225 e. The summed E-state index contributed by atoms with van der Waals surface area (Å²) in [4.78, 5) is 16.9. The van der Waals surface area contributed by atoms with Crippen LogP contribution in [0.3, 0.4) is 0 Å². The zero-order valence-corrected chi connectivity index (χ0v) is 14.2. The molecule has 0 spiro atoms. The van der Waals surface area contributed by atoms with E-state index in [1.54, 1.807) is 0 Å². The lowest BCUT2D eigenvalue weighted by Gasteiger charge is -2.42. The van der Waals surface area contributed by atoms with E-state index in [4.69, 9.17) is 0 Å². The second-order valence-electron chi connectivity index (χ2n) is 7.36. The molecule has 3 nitrogen and oxygen atoms in total. The predicted octanol–water partition coefficient (Wildman–Crippen LogP) is 2.67. The minimum absolute atomic E-state index is 0.384. The number of carbonyl (C=O) groups is 1. The van der Waals surface area contributed by atoms with Crippen molar-refractivity contribution in [3.8, 4) is 0 Å². The SMILES string of the molecule is CC(CS)[C@H]1CC[C@H](N2CCN(C(=O)C3CC3)CC2)CC1. The molecule has 3 aliphatic rings. The van der Waals surface area contributed by atoms with Crippen molar-refractivity contribution in [1.29, 1.82) is 0 Å². The molecule has 1 amide bonds. The van der Waals surface area contributed by atoms with Crippen LogP contribution in [0, 0.1) is 17.8 Å². The number of nitrogens with zero attached hydrogens (tertiary/aromatic N) is 2. The van der Waals surface area contributed by atoms with Gasteiger partial charge in [0, 0.05) is 38.1 Å². The number of hydrogen-bond donors (Lipinski definition) is 1. The molecule has 1 aliphatic heterocycles. The van der Waals surface area contributed by atoms with Gasteiger partial charge in [0.1, 0.15) is 0 Å².